The van der Waals surface area contributed by atoms with Gasteiger partial charge in [0.25, 0.3) is 0 Å². The average molecular weight is 379 g/mol. The van der Waals surface area contributed by atoms with Gasteiger partial charge in [-0.3, -0.25) is 4.90 Å². The maximum atomic E-state index is 12.7. The average Bonchev–Trinajstić information content (AvgIpc) is 3.32. The highest BCUT2D eigenvalue weighted by molar-refractivity contribution is 6.20. The summed E-state index contributed by atoms with van der Waals surface area (Å²) >= 11 is 6.53. The normalized spacial score (nSPS) is 26.0. The van der Waals surface area contributed by atoms with Crippen LogP contribution in [-0.2, 0) is 4.74 Å². The van der Waals surface area contributed by atoms with E-state index in [1.54, 1.807) is 0 Å². The second-order valence-corrected chi connectivity index (χ2v) is 8.93. The van der Waals surface area contributed by atoms with Crippen LogP contribution in [-0.4, -0.2) is 32.9 Å². The third-order valence-corrected chi connectivity index (χ3v) is 5.38. The minimum atomic E-state index is -0.502. The Morgan fingerprint density at radius 3 is 2.77 bits per heavy atom. The summed E-state index contributed by atoms with van der Waals surface area (Å²) in [6.45, 7) is 6.38. The molecule has 0 radical (unpaired) electrons. The number of carbonyl (C=O) groups is 1. The van der Waals surface area contributed by atoms with Crippen molar-refractivity contribution in [3.8, 4) is 0 Å². The summed E-state index contributed by atoms with van der Waals surface area (Å²) in [5, 5.41) is 8.20. The van der Waals surface area contributed by atoms with Crippen LogP contribution in [0.2, 0.25) is 0 Å². The predicted octanol–water partition coefficient (Wildman–Crippen LogP) is 4.80. The molecule has 3 aliphatic rings. The Balaban J connectivity index is 1.56. The van der Waals surface area contributed by atoms with Gasteiger partial charge in [-0.15, -0.1) is 0 Å². The lowest BCUT2D eigenvalue weighted by atomic mass is 10.00. The van der Waals surface area contributed by atoms with Crippen LogP contribution in [0.1, 0.15) is 70.1 Å². The number of aromatic nitrogens is 2. The van der Waals surface area contributed by atoms with Crippen molar-refractivity contribution in [1.29, 1.82) is 0 Å². The van der Waals surface area contributed by atoms with Gasteiger partial charge in [0.05, 0.1) is 11.7 Å². The number of rotatable bonds is 2. The Hall–Kier alpha value is -1.69. The fourth-order valence-corrected chi connectivity index (χ4v) is 3.96. The molecular formula is C19H27ClN4O2. The summed E-state index contributed by atoms with van der Waals surface area (Å²) < 4.78 is 7.42. The maximum Gasteiger partial charge on any atom is 0.410 e. The third-order valence-electron chi connectivity index (χ3n) is 5.07. The number of halogens is 1. The first-order valence-electron chi connectivity index (χ1n) is 9.54. The minimum absolute atomic E-state index is 0.0632. The van der Waals surface area contributed by atoms with Crippen molar-refractivity contribution >= 4 is 23.5 Å². The molecule has 1 amide bonds. The van der Waals surface area contributed by atoms with Gasteiger partial charge in [0.1, 0.15) is 16.9 Å². The Kier molecular flexibility index (Phi) is 4.41. The van der Waals surface area contributed by atoms with Crippen LogP contribution in [0.3, 0.4) is 0 Å². The van der Waals surface area contributed by atoms with E-state index in [1.807, 2.05) is 36.4 Å². The van der Waals surface area contributed by atoms with Crippen LogP contribution in [0.4, 0.5) is 10.6 Å². The second-order valence-electron chi connectivity index (χ2n) is 8.48. The molecular weight excluding hydrogens is 352 g/mol. The lowest BCUT2D eigenvalue weighted by Gasteiger charge is -2.35. The van der Waals surface area contributed by atoms with E-state index < -0.39 is 5.60 Å². The van der Waals surface area contributed by atoms with E-state index in [9.17, 15) is 4.79 Å². The molecule has 6 nitrogen and oxygen atoms in total. The predicted molar refractivity (Wildman–Crippen MR) is 101 cm³/mol. The van der Waals surface area contributed by atoms with E-state index in [0.717, 1.165) is 30.8 Å². The molecule has 1 aromatic rings. The maximum absolute atomic E-state index is 12.7. The van der Waals surface area contributed by atoms with E-state index in [0.29, 0.717) is 12.5 Å². The van der Waals surface area contributed by atoms with Gasteiger partial charge in [0.2, 0.25) is 0 Å². The SMILES string of the molecule is CC(C)(C)OC(=O)N1CCCC[C@H]1c1cc2n(n1)C(Cl)C=C(C1CC1)N2. The van der Waals surface area contributed by atoms with Gasteiger partial charge in [-0.25, -0.2) is 9.48 Å². The summed E-state index contributed by atoms with van der Waals surface area (Å²) in [5.74, 6) is 1.52. The van der Waals surface area contributed by atoms with E-state index in [2.05, 4.69) is 11.4 Å². The number of hydrogen-bond acceptors (Lipinski definition) is 4. The van der Waals surface area contributed by atoms with Gasteiger partial charge in [0.15, 0.2) is 0 Å². The Morgan fingerprint density at radius 2 is 2.08 bits per heavy atom. The lowest BCUT2D eigenvalue weighted by molar-refractivity contribution is 0.00894. The molecule has 0 spiro atoms. The molecule has 142 valence electrons. The summed E-state index contributed by atoms with van der Waals surface area (Å²) in [5.41, 5.74) is 1.30. The van der Waals surface area contributed by atoms with Crippen LogP contribution in [0.15, 0.2) is 17.8 Å². The molecule has 26 heavy (non-hydrogen) atoms. The first kappa shape index (κ1) is 17.7. The van der Waals surface area contributed by atoms with E-state index >= 15 is 0 Å². The fraction of sp³-hybridized carbons (Fsp3) is 0.684. The number of anilines is 1. The number of nitrogens with one attached hydrogen (secondary N) is 1. The van der Waals surface area contributed by atoms with Gasteiger partial charge >= 0.3 is 6.09 Å². The molecule has 1 saturated carbocycles. The zero-order valence-electron chi connectivity index (χ0n) is 15.7. The molecule has 1 unspecified atom stereocenters. The highest BCUT2D eigenvalue weighted by Gasteiger charge is 2.35. The number of nitrogens with zero attached hydrogens (tertiary/aromatic N) is 3. The molecule has 7 heteroatoms. The topological polar surface area (TPSA) is 59.4 Å². The number of alkyl halides is 1. The summed E-state index contributed by atoms with van der Waals surface area (Å²) in [6, 6.07) is 1.98. The van der Waals surface area contributed by atoms with Crippen molar-refractivity contribution in [3.05, 3.63) is 23.5 Å². The zero-order valence-corrected chi connectivity index (χ0v) is 16.4. The van der Waals surface area contributed by atoms with Gasteiger partial charge in [-0.2, -0.15) is 5.10 Å². The molecule has 0 bridgehead atoms. The van der Waals surface area contributed by atoms with Gasteiger partial charge in [-0.1, -0.05) is 11.6 Å². The smallest absolute Gasteiger partial charge is 0.410 e. The van der Waals surface area contributed by atoms with Crippen LogP contribution >= 0.6 is 11.6 Å². The highest BCUT2D eigenvalue weighted by atomic mass is 35.5. The number of allylic oxidation sites excluding steroid dienone is 2. The number of piperidine rings is 1. The van der Waals surface area contributed by atoms with Gasteiger partial charge in [0, 0.05) is 18.3 Å². The standard InChI is InChI=1S/C19H27ClN4O2/c1-19(2,3)26-18(25)23-9-5-4-6-15(23)14-11-17-21-13(12-7-8-12)10-16(20)24(17)22-14/h10-12,15-16,21H,4-9H2,1-3H3/t15-,16?/m0/s1. The van der Waals surface area contributed by atoms with E-state index in [-0.39, 0.29) is 17.6 Å². The first-order valence-corrected chi connectivity index (χ1v) is 9.97. The van der Waals surface area contributed by atoms with Crippen LogP contribution in [0.25, 0.3) is 0 Å². The van der Waals surface area contributed by atoms with Crippen molar-refractivity contribution < 1.29 is 9.53 Å². The minimum Gasteiger partial charge on any atom is -0.444 e. The van der Waals surface area contributed by atoms with Crippen molar-refractivity contribution in [2.24, 2.45) is 5.92 Å². The molecule has 1 saturated heterocycles. The Bertz CT molecular complexity index is 732. The van der Waals surface area contributed by atoms with Gasteiger partial charge in [-0.05, 0) is 64.9 Å². The van der Waals surface area contributed by atoms with E-state index in [1.165, 1.54) is 18.5 Å². The van der Waals surface area contributed by atoms with Crippen LogP contribution < -0.4 is 5.32 Å². The third kappa shape index (κ3) is 3.56. The summed E-state index contributed by atoms with van der Waals surface area (Å²) in [7, 11) is 0. The van der Waals surface area contributed by atoms with Crippen LogP contribution in [0, 0.1) is 5.92 Å². The van der Waals surface area contributed by atoms with Crippen molar-refractivity contribution in [2.75, 3.05) is 11.9 Å². The van der Waals surface area contributed by atoms with Gasteiger partial charge < -0.3 is 10.1 Å². The monoisotopic (exact) mass is 378 g/mol. The number of likely N-dealkylation sites (tertiary alicyclic amines) is 1. The molecule has 4 rings (SSSR count). The molecule has 0 aromatic carbocycles. The number of hydrogen-bond donors (Lipinski definition) is 1. The molecule has 2 aliphatic heterocycles. The van der Waals surface area contributed by atoms with Crippen molar-refractivity contribution in [3.63, 3.8) is 0 Å². The molecule has 1 N–H and O–H groups in total. The summed E-state index contributed by atoms with van der Waals surface area (Å²) in [6.07, 6.45) is 7.20. The lowest BCUT2D eigenvalue weighted by Crippen LogP contribution is -2.42. The molecule has 1 aliphatic carbocycles. The largest absolute Gasteiger partial charge is 0.444 e. The molecule has 2 fully saturated rings. The zero-order chi connectivity index (χ0) is 18.5. The first-order chi connectivity index (χ1) is 12.3. The molecule has 2 atom stereocenters. The number of ether oxygens (including phenoxy) is 1. The van der Waals surface area contributed by atoms with Crippen molar-refractivity contribution in [2.45, 2.75) is 70.0 Å². The molecule has 1 aromatic heterocycles. The second kappa shape index (κ2) is 6.48. The van der Waals surface area contributed by atoms with Crippen LogP contribution in [0.5, 0.6) is 0 Å². The number of amides is 1. The highest BCUT2D eigenvalue weighted by Crippen LogP contribution is 2.42. The van der Waals surface area contributed by atoms with E-state index in [4.69, 9.17) is 21.4 Å². The molecule has 3 heterocycles. The van der Waals surface area contributed by atoms with Crippen molar-refractivity contribution in [1.82, 2.24) is 14.7 Å². The Labute approximate surface area is 159 Å². The number of fused-ring (bicyclic) bond motifs is 1. The Morgan fingerprint density at radius 1 is 1.31 bits per heavy atom. The quantitative estimate of drug-likeness (QED) is 0.751. The summed E-state index contributed by atoms with van der Waals surface area (Å²) in [4.78, 5) is 14.5. The fourth-order valence-electron chi connectivity index (χ4n) is 3.68. The number of carbonyl (C=O) groups excluding carboxylic acids is 1.